The van der Waals surface area contributed by atoms with Gasteiger partial charge in [0.25, 0.3) is 0 Å². The number of anilines is 2. The van der Waals surface area contributed by atoms with Gasteiger partial charge in [-0.3, -0.25) is 0 Å². The zero-order valence-corrected chi connectivity index (χ0v) is 10.7. The van der Waals surface area contributed by atoms with Crippen LogP contribution in [0.15, 0.2) is 18.2 Å². The molecule has 0 aromatic heterocycles. The number of benzene rings is 1. The van der Waals surface area contributed by atoms with Gasteiger partial charge >= 0.3 is 0 Å². The molecule has 2 nitrogen and oxygen atoms in total. The highest BCUT2D eigenvalue weighted by Crippen LogP contribution is 2.34. The molecule has 1 fully saturated rings. The minimum Gasteiger partial charge on any atom is -0.397 e. The Balaban J connectivity index is 2.22. The van der Waals surface area contributed by atoms with Crippen LogP contribution >= 0.6 is 11.6 Å². The number of rotatable bonds is 4. The van der Waals surface area contributed by atoms with Gasteiger partial charge in [-0.2, -0.15) is 0 Å². The number of nitrogens with zero attached hydrogens (tertiary/aromatic N) is 1. The minimum absolute atomic E-state index is 0.476. The highest BCUT2D eigenvalue weighted by Gasteiger charge is 2.26. The van der Waals surface area contributed by atoms with Crippen LogP contribution < -0.4 is 10.6 Å². The van der Waals surface area contributed by atoms with Gasteiger partial charge < -0.3 is 10.6 Å². The first-order valence-electron chi connectivity index (χ1n) is 5.89. The van der Waals surface area contributed by atoms with Crippen LogP contribution in [0.2, 0.25) is 5.02 Å². The maximum atomic E-state index is 6.03. The highest BCUT2D eigenvalue weighted by atomic mass is 35.5. The van der Waals surface area contributed by atoms with E-state index in [1.807, 2.05) is 18.2 Å². The van der Waals surface area contributed by atoms with Gasteiger partial charge in [-0.05, 0) is 50.8 Å². The largest absolute Gasteiger partial charge is 0.397 e. The Kier molecular flexibility index (Phi) is 3.29. The van der Waals surface area contributed by atoms with E-state index in [9.17, 15) is 0 Å². The van der Waals surface area contributed by atoms with Gasteiger partial charge in [0.1, 0.15) is 0 Å². The molecule has 0 heterocycles. The van der Waals surface area contributed by atoms with E-state index in [2.05, 4.69) is 18.7 Å². The second-order valence-electron chi connectivity index (χ2n) is 4.89. The molecule has 1 saturated carbocycles. The average Bonchev–Trinajstić information content (AvgIpc) is 2.98. The lowest BCUT2D eigenvalue weighted by Gasteiger charge is -2.30. The molecule has 0 unspecified atom stereocenters. The Bertz CT molecular complexity index is 372. The molecule has 1 aliphatic rings. The molecule has 2 N–H and O–H groups in total. The predicted octanol–water partition coefficient (Wildman–Crippen LogP) is 3.55. The summed E-state index contributed by atoms with van der Waals surface area (Å²) in [6.45, 7) is 5.52. The molecule has 0 atom stereocenters. The predicted molar refractivity (Wildman–Crippen MR) is 71.1 cm³/mol. The number of nitrogens with two attached hydrogens (primary N) is 1. The lowest BCUT2D eigenvalue weighted by atomic mass is 10.2. The normalized spacial score (nSPS) is 15.5. The van der Waals surface area contributed by atoms with Crippen molar-refractivity contribution >= 4 is 23.0 Å². The van der Waals surface area contributed by atoms with Crippen LogP contribution in [0, 0.1) is 5.92 Å². The lowest BCUT2D eigenvalue weighted by molar-refractivity contribution is 0.645. The third kappa shape index (κ3) is 2.62. The van der Waals surface area contributed by atoms with Crippen molar-refractivity contribution in [1.29, 1.82) is 0 Å². The van der Waals surface area contributed by atoms with Gasteiger partial charge in [-0.1, -0.05) is 11.6 Å². The standard InChI is InChI=1S/C13H19ClN2/c1-9(2)16(8-10-3-4-10)13-6-5-11(14)7-12(13)15/h5-7,9-10H,3-4,8,15H2,1-2H3. The first-order chi connectivity index (χ1) is 7.58. The van der Waals surface area contributed by atoms with Crippen LogP contribution in [0.5, 0.6) is 0 Å². The molecule has 0 radical (unpaired) electrons. The van der Waals surface area contributed by atoms with Gasteiger partial charge in [0.05, 0.1) is 11.4 Å². The first-order valence-corrected chi connectivity index (χ1v) is 6.27. The smallest absolute Gasteiger partial charge is 0.0603 e. The van der Waals surface area contributed by atoms with E-state index < -0.39 is 0 Å². The molecule has 0 saturated heterocycles. The molecule has 1 aromatic carbocycles. The second kappa shape index (κ2) is 4.54. The van der Waals surface area contributed by atoms with Crippen molar-refractivity contribution in [3.8, 4) is 0 Å². The monoisotopic (exact) mass is 238 g/mol. The van der Waals surface area contributed by atoms with Crippen molar-refractivity contribution in [1.82, 2.24) is 0 Å². The maximum absolute atomic E-state index is 6.03. The third-order valence-electron chi connectivity index (χ3n) is 3.07. The number of hydrogen-bond acceptors (Lipinski definition) is 2. The number of halogens is 1. The van der Waals surface area contributed by atoms with Crippen molar-refractivity contribution in [2.45, 2.75) is 32.7 Å². The summed E-state index contributed by atoms with van der Waals surface area (Å²) in [4.78, 5) is 2.38. The second-order valence-corrected chi connectivity index (χ2v) is 5.33. The Labute approximate surface area is 102 Å². The van der Waals surface area contributed by atoms with E-state index in [4.69, 9.17) is 17.3 Å². The summed E-state index contributed by atoms with van der Waals surface area (Å²) in [5.74, 6) is 0.859. The van der Waals surface area contributed by atoms with E-state index in [1.165, 1.54) is 12.8 Å². The van der Waals surface area contributed by atoms with Crippen LogP contribution in [-0.2, 0) is 0 Å². The van der Waals surface area contributed by atoms with E-state index in [-0.39, 0.29) is 0 Å². The van der Waals surface area contributed by atoms with Crippen LogP contribution in [-0.4, -0.2) is 12.6 Å². The number of nitrogen functional groups attached to an aromatic ring is 1. The zero-order chi connectivity index (χ0) is 11.7. The molecule has 1 aliphatic carbocycles. The van der Waals surface area contributed by atoms with Crippen molar-refractivity contribution in [3.63, 3.8) is 0 Å². The van der Waals surface area contributed by atoms with Crippen LogP contribution in [0.1, 0.15) is 26.7 Å². The minimum atomic E-state index is 0.476. The fourth-order valence-electron chi connectivity index (χ4n) is 1.95. The van der Waals surface area contributed by atoms with Crippen LogP contribution in [0.25, 0.3) is 0 Å². The summed E-state index contributed by atoms with van der Waals surface area (Å²) < 4.78 is 0. The maximum Gasteiger partial charge on any atom is 0.0603 e. The van der Waals surface area contributed by atoms with Crippen molar-refractivity contribution in [2.75, 3.05) is 17.2 Å². The molecular formula is C13H19ClN2. The Morgan fingerprint density at radius 2 is 2.12 bits per heavy atom. The fraction of sp³-hybridized carbons (Fsp3) is 0.538. The summed E-state index contributed by atoms with van der Waals surface area (Å²) in [6.07, 6.45) is 2.72. The summed E-state index contributed by atoms with van der Waals surface area (Å²) >= 11 is 5.92. The van der Waals surface area contributed by atoms with Crippen molar-refractivity contribution < 1.29 is 0 Å². The summed E-state index contributed by atoms with van der Waals surface area (Å²) in [5.41, 5.74) is 7.93. The molecule has 0 bridgehead atoms. The van der Waals surface area contributed by atoms with E-state index in [0.717, 1.165) is 23.8 Å². The number of hydrogen-bond donors (Lipinski definition) is 1. The quantitative estimate of drug-likeness (QED) is 0.813. The zero-order valence-electron chi connectivity index (χ0n) is 9.91. The highest BCUT2D eigenvalue weighted by molar-refractivity contribution is 6.31. The van der Waals surface area contributed by atoms with Gasteiger partial charge in [-0.25, -0.2) is 0 Å². The molecule has 16 heavy (non-hydrogen) atoms. The van der Waals surface area contributed by atoms with Gasteiger partial charge in [-0.15, -0.1) is 0 Å². The van der Waals surface area contributed by atoms with Gasteiger partial charge in [0, 0.05) is 17.6 Å². The molecule has 1 aromatic rings. The van der Waals surface area contributed by atoms with Gasteiger partial charge in [0.15, 0.2) is 0 Å². The Morgan fingerprint density at radius 1 is 1.44 bits per heavy atom. The molecule has 0 aliphatic heterocycles. The lowest BCUT2D eigenvalue weighted by Crippen LogP contribution is -2.33. The van der Waals surface area contributed by atoms with E-state index in [1.54, 1.807) is 0 Å². The average molecular weight is 239 g/mol. The fourth-order valence-corrected chi connectivity index (χ4v) is 2.13. The SMILES string of the molecule is CC(C)N(CC1CC1)c1ccc(Cl)cc1N. The van der Waals surface area contributed by atoms with E-state index in [0.29, 0.717) is 11.1 Å². The van der Waals surface area contributed by atoms with Crippen LogP contribution in [0.4, 0.5) is 11.4 Å². The van der Waals surface area contributed by atoms with Crippen LogP contribution in [0.3, 0.4) is 0 Å². The third-order valence-corrected chi connectivity index (χ3v) is 3.31. The summed E-state index contributed by atoms with van der Waals surface area (Å²) in [7, 11) is 0. The van der Waals surface area contributed by atoms with E-state index >= 15 is 0 Å². The summed E-state index contributed by atoms with van der Waals surface area (Å²) in [5, 5.41) is 0.705. The first kappa shape index (κ1) is 11.6. The summed E-state index contributed by atoms with van der Waals surface area (Å²) in [6, 6.07) is 6.25. The topological polar surface area (TPSA) is 29.3 Å². The molecule has 2 rings (SSSR count). The molecular weight excluding hydrogens is 220 g/mol. The molecule has 0 spiro atoms. The van der Waals surface area contributed by atoms with Crippen molar-refractivity contribution in [2.24, 2.45) is 5.92 Å². The molecule has 0 amide bonds. The Hall–Kier alpha value is -0.890. The molecule has 88 valence electrons. The molecule has 3 heteroatoms. The van der Waals surface area contributed by atoms with Crippen molar-refractivity contribution in [3.05, 3.63) is 23.2 Å². The van der Waals surface area contributed by atoms with Gasteiger partial charge in [0.2, 0.25) is 0 Å². The Morgan fingerprint density at radius 3 is 2.62 bits per heavy atom.